The summed E-state index contributed by atoms with van der Waals surface area (Å²) in [5.74, 6) is -1.44. The molecule has 0 saturated heterocycles. The Bertz CT molecular complexity index is 617. The van der Waals surface area contributed by atoms with Gasteiger partial charge in [-0.25, -0.2) is 13.9 Å². The van der Waals surface area contributed by atoms with E-state index in [2.05, 4.69) is 10.3 Å². The standard InChI is InChI=1S/C13H12FN3O2/c1-2-17-11(12(13(18)19)15-16-17)8-5-9-3-6-10(14)7-4-9/h3-8H,2H2,1H3,(H,18,19)/b8-5+. The maximum absolute atomic E-state index is 12.8. The van der Waals surface area contributed by atoms with E-state index in [1.807, 2.05) is 6.92 Å². The van der Waals surface area contributed by atoms with Gasteiger partial charge < -0.3 is 5.11 Å². The zero-order valence-corrected chi connectivity index (χ0v) is 10.2. The van der Waals surface area contributed by atoms with Gasteiger partial charge in [-0.1, -0.05) is 23.4 Å². The molecule has 0 aliphatic rings. The van der Waals surface area contributed by atoms with Crippen molar-refractivity contribution in [3.8, 4) is 0 Å². The average molecular weight is 261 g/mol. The average Bonchev–Trinajstić information content (AvgIpc) is 2.81. The Hall–Kier alpha value is -2.50. The molecule has 6 heteroatoms. The summed E-state index contributed by atoms with van der Waals surface area (Å²) in [6, 6.07) is 5.89. The minimum atomic E-state index is -1.13. The van der Waals surface area contributed by atoms with E-state index in [1.165, 1.54) is 16.8 Å². The van der Waals surface area contributed by atoms with E-state index in [-0.39, 0.29) is 11.5 Å². The van der Waals surface area contributed by atoms with Gasteiger partial charge in [-0.2, -0.15) is 0 Å². The molecule has 0 radical (unpaired) electrons. The summed E-state index contributed by atoms with van der Waals surface area (Å²) in [5.41, 5.74) is 1.08. The van der Waals surface area contributed by atoms with Crippen LogP contribution in [0.3, 0.4) is 0 Å². The molecule has 0 saturated carbocycles. The molecule has 19 heavy (non-hydrogen) atoms. The van der Waals surface area contributed by atoms with Crippen molar-refractivity contribution in [1.29, 1.82) is 0 Å². The highest BCUT2D eigenvalue weighted by Crippen LogP contribution is 2.12. The van der Waals surface area contributed by atoms with Crippen LogP contribution in [0.2, 0.25) is 0 Å². The topological polar surface area (TPSA) is 68.0 Å². The number of aromatic carboxylic acids is 1. The van der Waals surface area contributed by atoms with Crippen molar-refractivity contribution >= 4 is 18.1 Å². The lowest BCUT2D eigenvalue weighted by atomic mass is 10.2. The first-order chi connectivity index (χ1) is 9.11. The molecule has 98 valence electrons. The first-order valence-electron chi connectivity index (χ1n) is 5.72. The minimum Gasteiger partial charge on any atom is -0.476 e. The Balaban J connectivity index is 2.34. The first-order valence-corrected chi connectivity index (χ1v) is 5.72. The summed E-state index contributed by atoms with van der Waals surface area (Å²) in [4.78, 5) is 11.0. The SMILES string of the molecule is CCn1nnc(C(=O)O)c1/C=C/c1ccc(F)cc1. The molecule has 0 aliphatic carbocycles. The molecule has 0 aliphatic heterocycles. The van der Waals surface area contributed by atoms with Gasteiger partial charge in [0.2, 0.25) is 0 Å². The van der Waals surface area contributed by atoms with Gasteiger partial charge in [0.15, 0.2) is 5.69 Å². The van der Waals surface area contributed by atoms with Crippen LogP contribution in [0.25, 0.3) is 12.2 Å². The highest BCUT2D eigenvalue weighted by molar-refractivity contribution is 5.90. The molecule has 0 fully saturated rings. The van der Waals surface area contributed by atoms with E-state index < -0.39 is 5.97 Å². The maximum Gasteiger partial charge on any atom is 0.358 e. The van der Waals surface area contributed by atoms with E-state index in [4.69, 9.17) is 5.11 Å². The lowest BCUT2D eigenvalue weighted by Crippen LogP contribution is -2.03. The lowest BCUT2D eigenvalue weighted by Gasteiger charge is -1.99. The number of hydrogen-bond donors (Lipinski definition) is 1. The third-order valence-electron chi connectivity index (χ3n) is 2.58. The molecule has 2 aromatic rings. The van der Waals surface area contributed by atoms with Gasteiger partial charge in [0.1, 0.15) is 5.82 Å². The summed E-state index contributed by atoms with van der Waals surface area (Å²) in [7, 11) is 0. The van der Waals surface area contributed by atoms with Crippen molar-refractivity contribution in [2.75, 3.05) is 0 Å². The van der Waals surface area contributed by atoms with Crippen LogP contribution in [0, 0.1) is 5.82 Å². The third-order valence-corrected chi connectivity index (χ3v) is 2.58. The normalized spacial score (nSPS) is 11.1. The second-order valence-electron chi connectivity index (χ2n) is 3.83. The van der Waals surface area contributed by atoms with E-state index in [9.17, 15) is 9.18 Å². The lowest BCUT2D eigenvalue weighted by molar-refractivity contribution is 0.0690. The van der Waals surface area contributed by atoms with Gasteiger partial charge >= 0.3 is 5.97 Å². The maximum atomic E-state index is 12.8. The molecule has 0 bridgehead atoms. The minimum absolute atomic E-state index is 0.0970. The number of hydrogen-bond acceptors (Lipinski definition) is 3. The van der Waals surface area contributed by atoms with Crippen molar-refractivity contribution in [2.24, 2.45) is 0 Å². The quantitative estimate of drug-likeness (QED) is 0.917. The molecular weight excluding hydrogens is 249 g/mol. The molecule has 0 spiro atoms. The second-order valence-corrected chi connectivity index (χ2v) is 3.83. The van der Waals surface area contributed by atoms with Crippen LogP contribution in [0.5, 0.6) is 0 Å². The zero-order valence-electron chi connectivity index (χ0n) is 10.2. The molecule has 1 heterocycles. The zero-order chi connectivity index (χ0) is 13.8. The number of rotatable bonds is 4. The molecular formula is C13H12FN3O2. The van der Waals surface area contributed by atoms with E-state index >= 15 is 0 Å². The molecule has 0 unspecified atom stereocenters. The highest BCUT2D eigenvalue weighted by Gasteiger charge is 2.15. The van der Waals surface area contributed by atoms with Crippen LogP contribution in [0.4, 0.5) is 4.39 Å². The Morgan fingerprint density at radius 1 is 1.37 bits per heavy atom. The molecule has 0 amide bonds. The fourth-order valence-electron chi connectivity index (χ4n) is 1.62. The van der Waals surface area contributed by atoms with Crippen LogP contribution >= 0.6 is 0 Å². The fourth-order valence-corrected chi connectivity index (χ4v) is 1.62. The van der Waals surface area contributed by atoms with Gasteiger partial charge in [0, 0.05) is 6.54 Å². The van der Waals surface area contributed by atoms with E-state index in [1.54, 1.807) is 24.3 Å². The van der Waals surface area contributed by atoms with Gasteiger partial charge in [-0.05, 0) is 30.7 Å². The number of carboxylic acids is 1. The van der Waals surface area contributed by atoms with Gasteiger partial charge in [-0.3, -0.25) is 0 Å². The largest absolute Gasteiger partial charge is 0.476 e. The van der Waals surface area contributed by atoms with Crippen LogP contribution in [0.1, 0.15) is 28.7 Å². The molecule has 1 N–H and O–H groups in total. The summed E-state index contributed by atoms with van der Waals surface area (Å²) < 4.78 is 14.3. The summed E-state index contributed by atoms with van der Waals surface area (Å²) in [6.45, 7) is 2.36. The summed E-state index contributed by atoms with van der Waals surface area (Å²) in [6.07, 6.45) is 3.30. The van der Waals surface area contributed by atoms with Gasteiger partial charge in [0.05, 0.1) is 5.69 Å². The van der Waals surface area contributed by atoms with Crippen molar-refractivity contribution in [1.82, 2.24) is 15.0 Å². The van der Waals surface area contributed by atoms with Crippen molar-refractivity contribution in [3.63, 3.8) is 0 Å². The fraction of sp³-hybridized carbons (Fsp3) is 0.154. The molecule has 0 atom stereocenters. The number of benzene rings is 1. The van der Waals surface area contributed by atoms with Crippen LogP contribution in [-0.2, 0) is 6.54 Å². The number of aromatic nitrogens is 3. The van der Waals surface area contributed by atoms with Crippen molar-refractivity contribution in [2.45, 2.75) is 13.5 Å². The second kappa shape index (κ2) is 5.43. The van der Waals surface area contributed by atoms with E-state index in [0.717, 1.165) is 5.56 Å². The highest BCUT2D eigenvalue weighted by atomic mass is 19.1. The van der Waals surface area contributed by atoms with Crippen LogP contribution in [-0.4, -0.2) is 26.1 Å². The molecule has 5 nitrogen and oxygen atoms in total. The number of aryl methyl sites for hydroxylation is 1. The molecule has 2 rings (SSSR count). The van der Waals surface area contributed by atoms with Crippen LogP contribution < -0.4 is 0 Å². The Morgan fingerprint density at radius 3 is 2.63 bits per heavy atom. The Kier molecular flexibility index (Phi) is 3.70. The monoisotopic (exact) mass is 261 g/mol. The third kappa shape index (κ3) is 2.85. The Labute approximate surface area is 109 Å². The predicted molar refractivity (Wildman–Crippen MR) is 68.0 cm³/mol. The van der Waals surface area contributed by atoms with Crippen molar-refractivity contribution in [3.05, 3.63) is 47.0 Å². The number of carboxylic acid groups (broad SMARTS) is 1. The van der Waals surface area contributed by atoms with E-state index in [0.29, 0.717) is 12.2 Å². The smallest absolute Gasteiger partial charge is 0.358 e. The Morgan fingerprint density at radius 2 is 2.05 bits per heavy atom. The van der Waals surface area contributed by atoms with Gasteiger partial charge in [-0.15, -0.1) is 5.10 Å². The molecule has 1 aromatic carbocycles. The van der Waals surface area contributed by atoms with Gasteiger partial charge in [0.25, 0.3) is 0 Å². The number of nitrogens with zero attached hydrogens (tertiary/aromatic N) is 3. The van der Waals surface area contributed by atoms with Crippen molar-refractivity contribution < 1.29 is 14.3 Å². The summed E-state index contributed by atoms with van der Waals surface area (Å²) in [5, 5.41) is 16.4. The molecule has 1 aromatic heterocycles. The number of halogens is 1. The predicted octanol–water partition coefficient (Wildman–Crippen LogP) is 2.31. The number of carbonyl (C=O) groups is 1. The summed E-state index contributed by atoms with van der Waals surface area (Å²) >= 11 is 0. The first kappa shape index (κ1) is 12.9. The van der Waals surface area contributed by atoms with Crippen LogP contribution in [0.15, 0.2) is 24.3 Å².